The number of rotatable bonds is 53. The van der Waals surface area contributed by atoms with Crippen LogP contribution in [0.25, 0.3) is 0 Å². The normalized spacial score (nSPS) is 34.4. The zero-order chi connectivity index (χ0) is 76.8. The molecule has 0 aromatic carbocycles. The van der Waals surface area contributed by atoms with Gasteiger partial charge >= 0.3 is 0 Å². The molecule has 18 N–H and O–H groups in total. The van der Waals surface area contributed by atoms with Gasteiger partial charge in [-0.1, -0.05) is 206 Å². The fourth-order valence-corrected chi connectivity index (χ4v) is 14.3. The fourth-order valence-electron chi connectivity index (χ4n) is 14.3. The van der Waals surface area contributed by atoms with Gasteiger partial charge < -0.3 is 140 Å². The largest absolute Gasteiger partial charge is 0.394 e. The Labute approximate surface area is 620 Å². The lowest BCUT2D eigenvalue weighted by atomic mass is 9.93. The van der Waals surface area contributed by atoms with Crippen molar-refractivity contribution in [3.8, 4) is 0 Å². The van der Waals surface area contributed by atoms with Crippen LogP contribution in [0.3, 0.4) is 0 Å². The molecule has 0 saturated carbocycles. The van der Waals surface area contributed by atoms with Gasteiger partial charge in [0, 0.05) is 20.3 Å². The molecule has 5 fully saturated rings. The third-order valence-electron chi connectivity index (χ3n) is 20.6. The summed E-state index contributed by atoms with van der Waals surface area (Å²) >= 11 is 0. The molecule has 614 valence electrons. The number of amides is 3. The van der Waals surface area contributed by atoms with Gasteiger partial charge in [0.05, 0.1) is 51.8 Å². The van der Waals surface area contributed by atoms with Crippen LogP contribution < -0.4 is 16.0 Å². The van der Waals surface area contributed by atoms with Crippen LogP contribution in [-0.4, -0.2) is 300 Å². The maximum absolute atomic E-state index is 13.5. The fraction of sp³-hybridized carbons (Fsp3) is 0.932. The van der Waals surface area contributed by atoms with Gasteiger partial charge in [0.15, 0.2) is 31.5 Å². The third kappa shape index (κ3) is 30.6. The summed E-state index contributed by atoms with van der Waals surface area (Å²) in [5.74, 6) is -1.87. The summed E-state index contributed by atoms with van der Waals surface area (Å²) in [6.07, 6.45) is -3.73. The molecule has 0 aromatic rings. The highest BCUT2D eigenvalue weighted by Crippen LogP contribution is 2.37. The summed E-state index contributed by atoms with van der Waals surface area (Å²) in [6.45, 7) is 1.41. The molecule has 5 heterocycles. The highest BCUT2D eigenvalue weighted by Gasteiger charge is 2.57. The quantitative estimate of drug-likeness (QED) is 0.0301. The molecule has 5 aliphatic rings. The summed E-state index contributed by atoms with van der Waals surface area (Å²) in [7, 11) is 0. The predicted molar refractivity (Wildman–Crippen MR) is 380 cm³/mol. The number of allylic oxidation sites excluding steroid dienone is 1. The Bertz CT molecular complexity index is 2340. The van der Waals surface area contributed by atoms with Crippen LogP contribution in [0, 0.1) is 0 Å². The zero-order valence-electron chi connectivity index (χ0n) is 62.6. The van der Waals surface area contributed by atoms with Gasteiger partial charge in [0.1, 0.15) is 122 Å². The first-order valence-corrected chi connectivity index (χ1v) is 39.5. The van der Waals surface area contributed by atoms with Gasteiger partial charge in [-0.25, -0.2) is 0 Å². The van der Waals surface area contributed by atoms with Crippen molar-refractivity contribution in [2.24, 2.45) is 0 Å². The number of ether oxygens (including phenoxy) is 10. The molecular formula is C74H135N3O28. The number of hydrogen-bond donors (Lipinski definition) is 18. The van der Waals surface area contributed by atoms with Crippen molar-refractivity contribution in [1.82, 2.24) is 16.0 Å². The van der Waals surface area contributed by atoms with Crippen molar-refractivity contribution in [2.75, 3.05) is 39.6 Å². The van der Waals surface area contributed by atoms with E-state index in [1.165, 1.54) is 141 Å². The number of aliphatic hydroxyl groups is 15. The molecule has 31 nitrogen and oxygen atoms in total. The second kappa shape index (κ2) is 51.7. The Morgan fingerprint density at radius 2 is 0.714 bits per heavy atom. The van der Waals surface area contributed by atoms with Gasteiger partial charge in [-0.2, -0.15) is 0 Å². The number of unbranched alkanes of at least 4 members (excludes halogenated alkanes) is 29. The van der Waals surface area contributed by atoms with Crippen LogP contribution in [0.2, 0.25) is 0 Å². The Hall–Kier alpha value is -2.85. The molecule has 0 bridgehead atoms. The van der Waals surface area contributed by atoms with Crippen molar-refractivity contribution in [3.63, 3.8) is 0 Å². The minimum Gasteiger partial charge on any atom is -0.394 e. The minimum atomic E-state index is -2.20. The van der Waals surface area contributed by atoms with Crippen molar-refractivity contribution in [1.29, 1.82) is 0 Å². The topological polar surface area (TPSA) is 483 Å². The third-order valence-corrected chi connectivity index (χ3v) is 20.6. The molecule has 0 spiro atoms. The number of hydrogen-bond acceptors (Lipinski definition) is 28. The molecule has 27 atom stereocenters. The van der Waals surface area contributed by atoms with Gasteiger partial charge in [0.25, 0.3) is 0 Å². The number of carbonyl (C=O) groups excluding carboxylic acids is 3. The molecule has 105 heavy (non-hydrogen) atoms. The molecule has 0 radical (unpaired) electrons. The standard InChI is InChI=1S/C74H135N3O28/c1-5-7-9-11-13-15-17-19-20-21-22-23-24-26-28-30-32-34-36-38-54(86)77-47(48(85)37-35-33-31-29-27-25-18-16-14-12-10-8-6-2)44-96-72-63(93)61(91)66(52(42-81)100-72)102-73-64(94)62(92)67(53(43-82)101-73)103-74-65(95)69(59(89)51(41-80)99-74)105-71-56(76-46(4)84)68(58(88)50(40-79)98-71)104-70-55(75-45(3)83)60(90)57(87)49(39-78)97-70/h35,37,47-53,55-74,78-82,85,87-95H,5-34,36,38-44H2,1-4H3,(H,75,83)(H,76,84)(H,77,86)/b37-35+/t47-,48+,49?,50?,51?,52?,53?,55?,56?,57-,58-,59-,60+,61+,62+,63?,64?,65?,66+,67-,68+,69-,70-,71-,72+,73-,74-/m0/s1. The van der Waals surface area contributed by atoms with Crippen LogP contribution in [0.5, 0.6) is 0 Å². The average molecular weight is 1510 g/mol. The van der Waals surface area contributed by atoms with E-state index in [0.717, 1.165) is 58.8 Å². The van der Waals surface area contributed by atoms with Crippen LogP contribution in [0.15, 0.2) is 12.2 Å². The molecule has 5 aliphatic heterocycles. The number of carbonyl (C=O) groups is 3. The van der Waals surface area contributed by atoms with E-state index in [-0.39, 0.29) is 12.3 Å². The SMILES string of the molecule is CCCCCCCCCCCCC/C=C/[C@@H](O)[C@H](CO[C@@H]1OC(CO)[C@@H](O[C@@H]2OC(CO)[C@H](O[C@@H]3OC(CO)[C@H](O)[C@H](O[C@@H]4OC(CO)[C@H](O)[C@H](O[C@@H]5OC(CO)[C@H](O)[C@H](O)C5NC(C)=O)C4NC(C)=O)C3O)[C@H](O)C2O)[C@H](O)C1O)NC(=O)CCCCCCCCCCCCCCCCCCCCC. The Morgan fingerprint density at radius 1 is 0.371 bits per heavy atom. The summed E-state index contributed by atoms with van der Waals surface area (Å²) in [6, 6.07) is -4.33. The summed E-state index contributed by atoms with van der Waals surface area (Å²) in [5, 5.41) is 174. The predicted octanol–water partition coefficient (Wildman–Crippen LogP) is 1.31. The molecule has 31 heteroatoms. The van der Waals surface area contributed by atoms with Gasteiger partial charge in [-0.3, -0.25) is 14.4 Å². The monoisotopic (exact) mass is 1510 g/mol. The molecule has 10 unspecified atom stereocenters. The van der Waals surface area contributed by atoms with Crippen LogP contribution >= 0.6 is 0 Å². The highest BCUT2D eigenvalue weighted by atomic mass is 16.8. The van der Waals surface area contributed by atoms with Crippen molar-refractivity contribution in [3.05, 3.63) is 12.2 Å². The second-order valence-corrected chi connectivity index (χ2v) is 29.3. The summed E-state index contributed by atoms with van der Waals surface area (Å²) < 4.78 is 59.1. The van der Waals surface area contributed by atoms with E-state index in [0.29, 0.717) is 12.8 Å². The Morgan fingerprint density at radius 3 is 1.16 bits per heavy atom. The molecule has 0 aliphatic carbocycles. The van der Waals surface area contributed by atoms with Gasteiger partial charge in [0.2, 0.25) is 17.7 Å². The summed E-state index contributed by atoms with van der Waals surface area (Å²) in [5.41, 5.74) is 0. The number of nitrogens with one attached hydrogen (secondary N) is 3. The van der Waals surface area contributed by atoms with E-state index in [1.807, 2.05) is 6.08 Å². The molecule has 0 aromatic heterocycles. The van der Waals surface area contributed by atoms with E-state index in [2.05, 4.69) is 29.8 Å². The second-order valence-electron chi connectivity index (χ2n) is 29.3. The first kappa shape index (κ1) is 92.8. The lowest BCUT2D eigenvalue weighted by Crippen LogP contribution is -2.71. The lowest BCUT2D eigenvalue weighted by molar-refractivity contribution is -0.388. The van der Waals surface area contributed by atoms with E-state index in [9.17, 15) is 91.0 Å². The average Bonchev–Trinajstić information content (AvgIpc) is 0.775. The van der Waals surface area contributed by atoms with Gasteiger partial charge in [-0.05, 0) is 19.3 Å². The maximum Gasteiger partial charge on any atom is 0.220 e. The molecule has 5 saturated heterocycles. The number of aliphatic hydroxyl groups excluding tert-OH is 15. The van der Waals surface area contributed by atoms with E-state index in [4.69, 9.17) is 47.4 Å². The van der Waals surface area contributed by atoms with E-state index >= 15 is 0 Å². The zero-order valence-corrected chi connectivity index (χ0v) is 62.6. The smallest absolute Gasteiger partial charge is 0.220 e. The Balaban J connectivity index is 1.18. The van der Waals surface area contributed by atoms with Crippen molar-refractivity contribution in [2.45, 2.75) is 399 Å². The Kier molecular flexibility index (Phi) is 45.6. The molecule has 3 amide bonds. The van der Waals surface area contributed by atoms with E-state index < -0.39 is 217 Å². The van der Waals surface area contributed by atoms with Crippen LogP contribution in [0.1, 0.15) is 233 Å². The van der Waals surface area contributed by atoms with E-state index in [1.54, 1.807) is 6.08 Å². The first-order valence-electron chi connectivity index (χ1n) is 39.5. The molecular weight excluding hydrogens is 1380 g/mol. The first-order chi connectivity index (χ1) is 50.6. The van der Waals surface area contributed by atoms with Crippen molar-refractivity contribution >= 4 is 17.7 Å². The van der Waals surface area contributed by atoms with Crippen LogP contribution in [0.4, 0.5) is 0 Å². The van der Waals surface area contributed by atoms with Crippen LogP contribution in [-0.2, 0) is 61.8 Å². The minimum absolute atomic E-state index is 0.196. The van der Waals surface area contributed by atoms with Gasteiger partial charge in [-0.15, -0.1) is 0 Å². The molecule has 5 rings (SSSR count). The summed E-state index contributed by atoms with van der Waals surface area (Å²) in [4.78, 5) is 38.6. The van der Waals surface area contributed by atoms with Crippen molar-refractivity contribution < 1.29 is 138 Å². The maximum atomic E-state index is 13.5. The highest BCUT2D eigenvalue weighted by molar-refractivity contribution is 5.76. The lowest BCUT2D eigenvalue weighted by Gasteiger charge is -2.50.